The molecule has 0 fully saturated rings. The Morgan fingerprint density at radius 2 is 1.59 bits per heavy atom. The second-order valence-corrected chi connectivity index (χ2v) is 11.0. The third kappa shape index (κ3) is 6.50. The van der Waals surface area contributed by atoms with Crippen molar-refractivity contribution in [3.8, 4) is 0 Å². The van der Waals surface area contributed by atoms with Crippen LogP contribution in [0.15, 0.2) is 77.7 Å². The summed E-state index contributed by atoms with van der Waals surface area (Å²) in [6.45, 7) is 5.17. The van der Waals surface area contributed by atoms with Crippen LogP contribution in [-0.4, -0.2) is 44.8 Å². The number of anilines is 1. The lowest BCUT2D eigenvalue weighted by Gasteiger charge is -2.33. The van der Waals surface area contributed by atoms with E-state index in [1.807, 2.05) is 38.1 Å². The molecule has 3 aromatic carbocycles. The third-order valence-corrected chi connectivity index (χ3v) is 8.28. The SMILES string of the molecule is CC[C@H](C(=O)NC)N(Cc1ccccc1C)C(=O)CN(c1ccc(Cl)cc1C)S(=O)(=O)c1ccccc1. The van der Waals surface area contributed by atoms with Gasteiger partial charge in [0.1, 0.15) is 12.6 Å². The van der Waals surface area contributed by atoms with Crippen LogP contribution in [0.3, 0.4) is 0 Å². The van der Waals surface area contributed by atoms with Gasteiger partial charge in [-0.1, -0.05) is 61.0 Å². The smallest absolute Gasteiger partial charge is 0.264 e. The number of nitrogens with one attached hydrogen (secondary N) is 1. The van der Waals surface area contributed by atoms with E-state index in [9.17, 15) is 18.0 Å². The molecule has 0 radical (unpaired) electrons. The van der Waals surface area contributed by atoms with Crippen LogP contribution in [0.25, 0.3) is 0 Å². The Kier molecular flexibility index (Phi) is 9.34. The molecule has 0 aliphatic carbocycles. The molecule has 0 unspecified atom stereocenters. The minimum Gasteiger partial charge on any atom is -0.357 e. The molecule has 0 heterocycles. The molecule has 0 saturated carbocycles. The van der Waals surface area contributed by atoms with Gasteiger partial charge in [-0.05, 0) is 67.3 Å². The second kappa shape index (κ2) is 12.3. The number of nitrogens with zero attached hydrogens (tertiary/aromatic N) is 2. The van der Waals surface area contributed by atoms with E-state index >= 15 is 0 Å². The average molecular weight is 542 g/mol. The minimum atomic E-state index is -4.12. The zero-order valence-corrected chi connectivity index (χ0v) is 23.0. The molecular formula is C28H32ClN3O4S. The quantitative estimate of drug-likeness (QED) is 0.403. The van der Waals surface area contributed by atoms with Gasteiger partial charge < -0.3 is 10.2 Å². The van der Waals surface area contributed by atoms with Gasteiger partial charge in [0.15, 0.2) is 0 Å². The molecular weight excluding hydrogens is 510 g/mol. The summed E-state index contributed by atoms with van der Waals surface area (Å²) in [4.78, 5) is 28.2. The van der Waals surface area contributed by atoms with E-state index in [0.717, 1.165) is 15.4 Å². The third-order valence-electron chi connectivity index (χ3n) is 6.27. The van der Waals surface area contributed by atoms with Crippen LogP contribution in [-0.2, 0) is 26.2 Å². The lowest BCUT2D eigenvalue weighted by Crippen LogP contribution is -2.52. The molecule has 0 aliphatic heterocycles. The molecule has 0 saturated heterocycles. The first-order chi connectivity index (χ1) is 17.6. The summed E-state index contributed by atoms with van der Waals surface area (Å²) in [6, 6.07) is 19.6. The van der Waals surface area contributed by atoms with Crippen molar-refractivity contribution < 1.29 is 18.0 Å². The minimum absolute atomic E-state index is 0.0564. The predicted molar refractivity (Wildman–Crippen MR) is 147 cm³/mol. The monoisotopic (exact) mass is 541 g/mol. The Balaban J connectivity index is 2.10. The number of amides is 2. The van der Waals surface area contributed by atoms with Crippen molar-refractivity contribution in [2.75, 3.05) is 17.9 Å². The maximum Gasteiger partial charge on any atom is 0.264 e. The highest BCUT2D eigenvalue weighted by Crippen LogP contribution is 2.29. The van der Waals surface area contributed by atoms with Crippen LogP contribution >= 0.6 is 11.6 Å². The highest BCUT2D eigenvalue weighted by molar-refractivity contribution is 7.92. The van der Waals surface area contributed by atoms with Gasteiger partial charge in [-0.25, -0.2) is 8.42 Å². The van der Waals surface area contributed by atoms with E-state index in [1.165, 1.54) is 24.1 Å². The number of carbonyl (C=O) groups excluding carboxylic acids is 2. The van der Waals surface area contributed by atoms with Gasteiger partial charge in [0, 0.05) is 18.6 Å². The second-order valence-electron chi connectivity index (χ2n) is 8.74. The Bertz CT molecular complexity index is 1360. The molecule has 3 rings (SSSR count). The first-order valence-electron chi connectivity index (χ1n) is 12.0. The van der Waals surface area contributed by atoms with Crippen LogP contribution in [0.2, 0.25) is 5.02 Å². The van der Waals surface area contributed by atoms with Crippen molar-refractivity contribution in [3.05, 3.63) is 94.5 Å². The summed E-state index contributed by atoms with van der Waals surface area (Å²) in [5, 5.41) is 3.08. The number of hydrogen-bond acceptors (Lipinski definition) is 4. The van der Waals surface area contributed by atoms with Gasteiger partial charge in [-0.3, -0.25) is 13.9 Å². The fourth-order valence-corrected chi connectivity index (χ4v) is 5.92. The number of halogens is 1. The highest BCUT2D eigenvalue weighted by atomic mass is 35.5. The molecule has 0 bridgehead atoms. The van der Waals surface area contributed by atoms with Gasteiger partial charge in [-0.2, -0.15) is 0 Å². The van der Waals surface area contributed by atoms with Gasteiger partial charge in [0.25, 0.3) is 10.0 Å². The van der Waals surface area contributed by atoms with E-state index in [4.69, 9.17) is 11.6 Å². The number of aryl methyl sites for hydroxylation is 2. The van der Waals surface area contributed by atoms with Crippen molar-refractivity contribution in [3.63, 3.8) is 0 Å². The van der Waals surface area contributed by atoms with E-state index in [0.29, 0.717) is 22.7 Å². The number of carbonyl (C=O) groups is 2. The van der Waals surface area contributed by atoms with Crippen LogP contribution < -0.4 is 9.62 Å². The summed E-state index contributed by atoms with van der Waals surface area (Å²) in [5.41, 5.74) is 2.78. The van der Waals surface area contributed by atoms with E-state index in [-0.39, 0.29) is 17.3 Å². The van der Waals surface area contributed by atoms with E-state index in [1.54, 1.807) is 43.3 Å². The van der Waals surface area contributed by atoms with Crippen molar-refractivity contribution in [2.24, 2.45) is 0 Å². The number of benzene rings is 3. The lowest BCUT2D eigenvalue weighted by atomic mass is 10.1. The normalized spacial score (nSPS) is 12.0. The van der Waals surface area contributed by atoms with Crippen molar-refractivity contribution >= 4 is 39.1 Å². The zero-order chi connectivity index (χ0) is 27.2. The first kappa shape index (κ1) is 28.2. The van der Waals surface area contributed by atoms with Gasteiger partial charge in [-0.15, -0.1) is 0 Å². The van der Waals surface area contributed by atoms with Gasteiger partial charge in [0.2, 0.25) is 11.8 Å². The van der Waals surface area contributed by atoms with E-state index in [2.05, 4.69) is 5.32 Å². The maximum atomic E-state index is 13.9. The molecule has 9 heteroatoms. The van der Waals surface area contributed by atoms with Crippen molar-refractivity contribution in [2.45, 2.75) is 44.7 Å². The topological polar surface area (TPSA) is 86.8 Å². The highest BCUT2D eigenvalue weighted by Gasteiger charge is 2.34. The van der Waals surface area contributed by atoms with Gasteiger partial charge in [0.05, 0.1) is 10.6 Å². The number of likely N-dealkylation sites (N-methyl/N-ethyl adjacent to an activating group) is 1. The molecule has 37 heavy (non-hydrogen) atoms. The summed E-state index contributed by atoms with van der Waals surface area (Å²) in [7, 11) is -2.60. The fourth-order valence-electron chi connectivity index (χ4n) is 4.19. The van der Waals surface area contributed by atoms with Gasteiger partial charge >= 0.3 is 0 Å². The molecule has 0 spiro atoms. The molecule has 3 aromatic rings. The Morgan fingerprint density at radius 3 is 2.19 bits per heavy atom. The Labute approximate surface area is 224 Å². The molecule has 0 aromatic heterocycles. The number of hydrogen-bond donors (Lipinski definition) is 1. The zero-order valence-electron chi connectivity index (χ0n) is 21.4. The number of sulfonamides is 1. The summed E-state index contributed by atoms with van der Waals surface area (Å²) >= 11 is 6.14. The molecule has 2 amide bonds. The summed E-state index contributed by atoms with van der Waals surface area (Å²) < 4.78 is 28.7. The van der Waals surface area contributed by atoms with E-state index < -0.39 is 28.5 Å². The standard InChI is InChI=1S/C28H32ClN3O4S/c1-5-25(28(34)30-4)31(18-22-12-10-9-11-20(22)2)27(33)19-32(26-16-15-23(29)17-21(26)3)37(35,36)24-13-7-6-8-14-24/h6-17,25H,5,18-19H2,1-4H3,(H,30,34)/t25-/m1/s1. The molecule has 7 nitrogen and oxygen atoms in total. The number of rotatable bonds is 10. The van der Waals surface area contributed by atoms with Crippen LogP contribution in [0.4, 0.5) is 5.69 Å². The van der Waals surface area contributed by atoms with Crippen molar-refractivity contribution in [1.82, 2.24) is 10.2 Å². The lowest BCUT2D eigenvalue weighted by molar-refractivity contribution is -0.140. The Morgan fingerprint density at radius 1 is 0.946 bits per heavy atom. The first-order valence-corrected chi connectivity index (χ1v) is 13.8. The average Bonchev–Trinajstić information content (AvgIpc) is 2.88. The molecule has 1 atom stereocenters. The predicted octanol–water partition coefficient (Wildman–Crippen LogP) is 4.71. The molecule has 0 aliphatic rings. The fraction of sp³-hybridized carbons (Fsp3) is 0.286. The maximum absolute atomic E-state index is 13.9. The summed E-state index contributed by atoms with van der Waals surface area (Å²) in [5.74, 6) is -0.808. The molecule has 1 N–H and O–H groups in total. The summed E-state index contributed by atoms with van der Waals surface area (Å²) in [6.07, 6.45) is 0.364. The van der Waals surface area contributed by atoms with Crippen LogP contribution in [0, 0.1) is 13.8 Å². The molecule has 196 valence electrons. The largest absolute Gasteiger partial charge is 0.357 e. The Hall–Kier alpha value is -3.36. The van der Waals surface area contributed by atoms with Crippen molar-refractivity contribution in [1.29, 1.82) is 0 Å². The van der Waals surface area contributed by atoms with Crippen LogP contribution in [0.5, 0.6) is 0 Å². The van der Waals surface area contributed by atoms with Crippen LogP contribution in [0.1, 0.15) is 30.0 Å².